The first-order valence-corrected chi connectivity index (χ1v) is 6.09. The molecule has 0 fully saturated rings. The van der Waals surface area contributed by atoms with Crippen LogP contribution >= 0.6 is 11.6 Å². The van der Waals surface area contributed by atoms with Gasteiger partial charge in [0.15, 0.2) is 5.69 Å². The summed E-state index contributed by atoms with van der Waals surface area (Å²) in [7, 11) is 4.35. The standard InChI is InChI=1S/C15H17ClN/c1-17(2,12-13-8-4-3-5-9-13)15-11-7-6-10-14(15)16/h3-11H,12H2,1-2H3/q+1. The summed E-state index contributed by atoms with van der Waals surface area (Å²) < 4.78 is 0.754. The maximum atomic E-state index is 6.26. The van der Waals surface area contributed by atoms with Gasteiger partial charge in [-0.1, -0.05) is 54.1 Å². The molecule has 0 N–H and O–H groups in total. The quantitative estimate of drug-likeness (QED) is 0.715. The van der Waals surface area contributed by atoms with Crippen molar-refractivity contribution in [2.24, 2.45) is 0 Å². The van der Waals surface area contributed by atoms with Crippen molar-refractivity contribution in [1.29, 1.82) is 0 Å². The topological polar surface area (TPSA) is 0 Å². The van der Waals surface area contributed by atoms with E-state index in [9.17, 15) is 0 Å². The second-order valence-corrected chi connectivity index (χ2v) is 5.19. The summed E-state index contributed by atoms with van der Waals surface area (Å²) in [6.07, 6.45) is 0. The summed E-state index contributed by atoms with van der Waals surface area (Å²) in [5.41, 5.74) is 2.47. The Hall–Kier alpha value is -1.31. The maximum absolute atomic E-state index is 6.26. The number of para-hydroxylation sites is 1. The third-order valence-electron chi connectivity index (χ3n) is 2.93. The molecule has 0 saturated heterocycles. The van der Waals surface area contributed by atoms with E-state index in [1.54, 1.807) is 0 Å². The Kier molecular flexibility index (Phi) is 3.51. The van der Waals surface area contributed by atoms with Gasteiger partial charge in [-0.2, -0.15) is 0 Å². The van der Waals surface area contributed by atoms with E-state index in [0.29, 0.717) is 0 Å². The SMILES string of the molecule is C[N+](C)(Cc1ccccc1)c1ccccc1Cl. The Morgan fingerprint density at radius 2 is 1.47 bits per heavy atom. The Bertz CT molecular complexity index is 491. The van der Waals surface area contributed by atoms with Crippen molar-refractivity contribution in [3.05, 3.63) is 65.2 Å². The van der Waals surface area contributed by atoms with Crippen LogP contribution in [0, 0.1) is 0 Å². The Morgan fingerprint density at radius 1 is 0.882 bits per heavy atom. The van der Waals surface area contributed by atoms with Gasteiger partial charge >= 0.3 is 0 Å². The van der Waals surface area contributed by atoms with Crippen LogP contribution < -0.4 is 4.48 Å². The smallest absolute Gasteiger partial charge is 0.151 e. The molecule has 2 aromatic carbocycles. The number of hydrogen-bond acceptors (Lipinski definition) is 0. The van der Waals surface area contributed by atoms with Crippen LogP contribution in [0.2, 0.25) is 5.02 Å². The van der Waals surface area contributed by atoms with Crippen LogP contribution in [0.3, 0.4) is 0 Å². The van der Waals surface area contributed by atoms with Crippen LogP contribution in [0.25, 0.3) is 0 Å². The molecule has 88 valence electrons. The molecule has 0 amide bonds. The Labute approximate surface area is 108 Å². The third-order valence-corrected chi connectivity index (χ3v) is 3.24. The van der Waals surface area contributed by atoms with Gasteiger partial charge in [0.05, 0.1) is 14.1 Å². The Balaban J connectivity index is 2.28. The van der Waals surface area contributed by atoms with E-state index >= 15 is 0 Å². The van der Waals surface area contributed by atoms with Crippen LogP contribution in [0.15, 0.2) is 54.6 Å². The molecule has 0 aromatic heterocycles. The van der Waals surface area contributed by atoms with Crippen molar-refractivity contribution in [2.75, 3.05) is 14.1 Å². The van der Waals surface area contributed by atoms with Crippen molar-refractivity contribution < 1.29 is 0 Å². The van der Waals surface area contributed by atoms with E-state index in [1.165, 1.54) is 5.56 Å². The lowest BCUT2D eigenvalue weighted by atomic mass is 10.1. The molecule has 0 aliphatic heterocycles. The molecule has 1 nitrogen and oxygen atoms in total. The zero-order chi connectivity index (χ0) is 12.3. The zero-order valence-electron chi connectivity index (χ0n) is 10.2. The van der Waals surface area contributed by atoms with Crippen LogP contribution in [-0.4, -0.2) is 14.1 Å². The monoisotopic (exact) mass is 246 g/mol. The molecule has 0 atom stereocenters. The predicted molar refractivity (Wildman–Crippen MR) is 75.2 cm³/mol. The van der Waals surface area contributed by atoms with E-state index in [-0.39, 0.29) is 0 Å². The van der Waals surface area contributed by atoms with Gasteiger partial charge in [0.25, 0.3) is 0 Å². The van der Waals surface area contributed by atoms with Gasteiger partial charge < -0.3 is 0 Å². The molecule has 2 aromatic rings. The lowest BCUT2D eigenvalue weighted by Gasteiger charge is -2.30. The van der Waals surface area contributed by atoms with Gasteiger partial charge in [-0.25, -0.2) is 0 Å². The largest absolute Gasteiger partial charge is 0.291 e. The summed E-state index contributed by atoms with van der Waals surface area (Å²) in [5, 5.41) is 0.827. The second kappa shape index (κ2) is 4.91. The van der Waals surface area contributed by atoms with Gasteiger partial charge in [-0.15, -0.1) is 0 Å². The first kappa shape index (κ1) is 12.2. The van der Waals surface area contributed by atoms with Crippen LogP contribution in [0.5, 0.6) is 0 Å². The van der Waals surface area contributed by atoms with Crippen LogP contribution in [0.4, 0.5) is 5.69 Å². The molecule has 0 saturated carbocycles. The number of quaternary nitrogens is 1. The molecule has 0 aliphatic carbocycles. The van der Waals surface area contributed by atoms with Gasteiger partial charge in [-0.05, 0) is 6.07 Å². The lowest BCUT2D eigenvalue weighted by molar-refractivity contribution is 0.392. The number of halogens is 1. The fourth-order valence-electron chi connectivity index (χ4n) is 2.07. The molecular formula is C15H17ClN+. The van der Waals surface area contributed by atoms with Crippen molar-refractivity contribution in [2.45, 2.75) is 6.54 Å². The summed E-state index contributed by atoms with van der Waals surface area (Å²) in [4.78, 5) is 0. The molecule has 2 heteroatoms. The number of nitrogens with zero attached hydrogens (tertiary/aromatic N) is 1. The lowest BCUT2D eigenvalue weighted by Crippen LogP contribution is -2.39. The highest BCUT2D eigenvalue weighted by Gasteiger charge is 2.22. The minimum absolute atomic E-state index is 0.754. The van der Waals surface area contributed by atoms with E-state index in [4.69, 9.17) is 11.6 Å². The van der Waals surface area contributed by atoms with Crippen LogP contribution in [-0.2, 0) is 6.54 Å². The highest BCUT2D eigenvalue weighted by atomic mass is 35.5. The summed E-state index contributed by atoms with van der Waals surface area (Å²) in [5.74, 6) is 0. The molecule has 0 unspecified atom stereocenters. The fourth-order valence-corrected chi connectivity index (χ4v) is 2.43. The first-order chi connectivity index (χ1) is 8.09. The van der Waals surface area contributed by atoms with E-state index in [1.807, 2.05) is 24.3 Å². The average molecular weight is 247 g/mol. The van der Waals surface area contributed by atoms with Crippen molar-refractivity contribution >= 4 is 17.3 Å². The normalized spacial score (nSPS) is 11.5. The number of benzene rings is 2. The number of hydrogen-bond donors (Lipinski definition) is 0. The second-order valence-electron chi connectivity index (χ2n) is 4.78. The summed E-state index contributed by atoms with van der Waals surface area (Å²) >= 11 is 6.26. The fraction of sp³-hybridized carbons (Fsp3) is 0.200. The summed E-state index contributed by atoms with van der Waals surface area (Å²) in [6, 6.07) is 18.5. The molecule has 0 spiro atoms. The predicted octanol–water partition coefficient (Wildman–Crippen LogP) is 4.11. The van der Waals surface area contributed by atoms with Gasteiger partial charge in [0, 0.05) is 11.6 Å². The highest BCUT2D eigenvalue weighted by molar-refractivity contribution is 6.33. The molecule has 0 bridgehead atoms. The van der Waals surface area contributed by atoms with Crippen LogP contribution in [0.1, 0.15) is 5.56 Å². The molecule has 17 heavy (non-hydrogen) atoms. The molecule has 0 radical (unpaired) electrons. The highest BCUT2D eigenvalue weighted by Crippen LogP contribution is 2.29. The van der Waals surface area contributed by atoms with Gasteiger partial charge in [0.2, 0.25) is 0 Å². The third kappa shape index (κ3) is 2.87. The zero-order valence-corrected chi connectivity index (χ0v) is 11.0. The average Bonchev–Trinajstić information content (AvgIpc) is 2.30. The Morgan fingerprint density at radius 3 is 2.12 bits per heavy atom. The van der Waals surface area contributed by atoms with E-state index in [2.05, 4.69) is 44.4 Å². The number of rotatable bonds is 3. The van der Waals surface area contributed by atoms with E-state index < -0.39 is 0 Å². The van der Waals surface area contributed by atoms with E-state index in [0.717, 1.165) is 21.7 Å². The van der Waals surface area contributed by atoms with Crippen molar-refractivity contribution in [1.82, 2.24) is 4.48 Å². The molecular weight excluding hydrogens is 230 g/mol. The minimum atomic E-state index is 0.754. The molecule has 0 aliphatic rings. The summed E-state index contributed by atoms with van der Waals surface area (Å²) in [6.45, 7) is 0.935. The van der Waals surface area contributed by atoms with Gasteiger partial charge in [-0.3, -0.25) is 4.48 Å². The maximum Gasteiger partial charge on any atom is 0.151 e. The van der Waals surface area contributed by atoms with Crippen molar-refractivity contribution in [3.8, 4) is 0 Å². The molecule has 0 heterocycles. The molecule has 2 rings (SSSR count). The minimum Gasteiger partial charge on any atom is -0.291 e. The van der Waals surface area contributed by atoms with Crippen molar-refractivity contribution in [3.63, 3.8) is 0 Å². The van der Waals surface area contributed by atoms with Gasteiger partial charge in [0.1, 0.15) is 11.6 Å². The first-order valence-electron chi connectivity index (χ1n) is 5.71.